The van der Waals surface area contributed by atoms with E-state index in [1.165, 1.54) is 36.8 Å². The fourth-order valence-corrected chi connectivity index (χ4v) is 5.58. The summed E-state index contributed by atoms with van der Waals surface area (Å²) in [7, 11) is 0.907. The lowest BCUT2D eigenvalue weighted by molar-refractivity contribution is -0.138. The number of hydrogen-bond donors (Lipinski definition) is 0. The molecule has 2 aromatic carbocycles. The summed E-state index contributed by atoms with van der Waals surface area (Å²) >= 11 is 0. The molecule has 0 saturated carbocycles. The third kappa shape index (κ3) is 6.23. The largest absolute Gasteiger partial charge is 0.500 e. The smallest absolute Gasteiger partial charge is 0.377 e. The molecule has 0 aliphatic carbocycles. The van der Waals surface area contributed by atoms with Gasteiger partial charge in [-0.3, -0.25) is 0 Å². The number of carbonyl (C=O) groups excluding carboxylic acids is 1. The van der Waals surface area contributed by atoms with Crippen molar-refractivity contribution >= 4 is 24.9 Å². The van der Waals surface area contributed by atoms with Crippen molar-refractivity contribution in [1.82, 2.24) is 0 Å². The van der Waals surface area contributed by atoms with Crippen LogP contribution in [0.15, 0.2) is 53.6 Å². The van der Waals surface area contributed by atoms with Gasteiger partial charge in [-0.2, -0.15) is 0 Å². The van der Waals surface area contributed by atoms with Crippen molar-refractivity contribution in [1.29, 1.82) is 0 Å². The molecular weight excluding hydrogens is 422 g/mol. The van der Waals surface area contributed by atoms with Crippen molar-refractivity contribution in [3.8, 4) is 5.75 Å². The van der Waals surface area contributed by atoms with Gasteiger partial charge in [-0.25, -0.2) is 4.79 Å². The van der Waals surface area contributed by atoms with Gasteiger partial charge in [0.05, 0.1) is 19.9 Å². The van der Waals surface area contributed by atoms with Crippen molar-refractivity contribution in [3.05, 3.63) is 70.7 Å². The minimum Gasteiger partial charge on any atom is -0.500 e. The molecule has 0 fully saturated rings. The van der Waals surface area contributed by atoms with Gasteiger partial charge in [-0.15, -0.1) is 0 Å². The summed E-state index contributed by atoms with van der Waals surface area (Å²) in [6.07, 6.45) is 1.79. The van der Waals surface area contributed by atoms with Crippen LogP contribution in [0.3, 0.4) is 0 Å². The van der Waals surface area contributed by atoms with E-state index in [-0.39, 0.29) is 5.76 Å². The summed E-state index contributed by atoms with van der Waals surface area (Å²) in [5.41, 5.74) is 5.04. The Morgan fingerprint density at radius 1 is 1.06 bits per heavy atom. The van der Waals surface area contributed by atoms with Crippen LogP contribution in [-0.4, -0.2) is 40.2 Å². The van der Waals surface area contributed by atoms with Crippen molar-refractivity contribution in [2.45, 2.75) is 40.8 Å². The second-order valence-corrected chi connectivity index (χ2v) is 13.0. The molecule has 0 aromatic heterocycles. The first-order valence-electron chi connectivity index (χ1n) is 10.4. The van der Waals surface area contributed by atoms with E-state index in [0.717, 1.165) is 16.8 Å². The number of hydrogen-bond acceptors (Lipinski definition) is 6. The number of carbonyl (C=O) groups is 1. The quantitative estimate of drug-likeness (QED) is 0.139. The monoisotopic (exact) mass is 455 g/mol. The zero-order valence-electron chi connectivity index (χ0n) is 20.2. The van der Waals surface area contributed by atoms with Crippen LogP contribution in [0.1, 0.15) is 29.2 Å². The van der Waals surface area contributed by atoms with Gasteiger partial charge in [-0.05, 0) is 50.5 Å². The molecule has 7 heteroatoms. The zero-order valence-corrected chi connectivity index (χ0v) is 21.2. The Bertz CT molecular complexity index is 1030. The lowest BCUT2D eigenvalue weighted by Crippen LogP contribution is -2.47. The average molecular weight is 456 g/mol. The maximum atomic E-state index is 11.9. The molecule has 32 heavy (non-hydrogen) atoms. The normalized spacial score (nSPS) is 12.4. The number of benzene rings is 2. The number of oxime groups is 1. The summed E-state index contributed by atoms with van der Waals surface area (Å²) in [5, 5.41) is 5.75. The van der Waals surface area contributed by atoms with Crippen LogP contribution in [0.4, 0.5) is 0 Å². The van der Waals surface area contributed by atoms with Gasteiger partial charge in [0, 0.05) is 5.56 Å². The first-order valence-corrected chi connectivity index (χ1v) is 13.6. The lowest BCUT2D eigenvalue weighted by Gasteiger charge is -2.24. The van der Waals surface area contributed by atoms with Crippen molar-refractivity contribution in [3.63, 3.8) is 0 Å². The highest BCUT2D eigenvalue weighted by atomic mass is 28.3. The average Bonchev–Trinajstić information content (AvgIpc) is 2.75. The fraction of sp³-hybridized carbons (Fsp3) is 0.360. The minimum atomic E-state index is -1.82. The van der Waals surface area contributed by atoms with Gasteiger partial charge in [0.25, 0.3) is 0 Å². The third-order valence-electron chi connectivity index (χ3n) is 5.40. The lowest BCUT2D eigenvalue weighted by atomic mass is 10.1. The molecule has 0 N–H and O–H groups in total. The fourth-order valence-electron chi connectivity index (χ4n) is 3.28. The summed E-state index contributed by atoms with van der Waals surface area (Å²) in [4.78, 5) is 17.7. The van der Waals surface area contributed by atoms with E-state index >= 15 is 0 Å². The van der Waals surface area contributed by atoms with Crippen molar-refractivity contribution in [2.24, 2.45) is 5.16 Å². The number of nitrogens with zero attached hydrogens (tertiary/aromatic N) is 1. The predicted octanol–water partition coefficient (Wildman–Crippen LogP) is 4.55. The zero-order chi connectivity index (χ0) is 23.9. The summed E-state index contributed by atoms with van der Waals surface area (Å²) in [5.74, 6) is -0.151. The molecule has 172 valence electrons. The minimum absolute atomic E-state index is 0.0395. The van der Waals surface area contributed by atoms with E-state index in [1.807, 2.05) is 32.0 Å². The highest BCUT2D eigenvalue weighted by Gasteiger charge is 2.27. The Morgan fingerprint density at radius 3 is 2.44 bits per heavy atom. The van der Waals surface area contributed by atoms with Gasteiger partial charge < -0.3 is 19.0 Å². The van der Waals surface area contributed by atoms with E-state index in [9.17, 15) is 4.79 Å². The summed E-state index contributed by atoms with van der Waals surface area (Å²) in [6, 6.07) is 12.1. The van der Waals surface area contributed by atoms with Crippen LogP contribution in [0.25, 0.3) is 0 Å². The van der Waals surface area contributed by atoms with Crippen molar-refractivity contribution < 1.29 is 23.8 Å². The first-order chi connectivity index (χ1) is 15.1. The standard InChI is InChI=1S/C25H33NO5Si/c1-17-10-9-11-24(19(17)3)32(7,8)16-30-26-20(4)21-13-12-18(2)22(14-21)31-23(15-28-5)25(27)29-6/h9-15H,16H2,1-8H3. The third-order valence-corrected chi connectivity index (χ3v) is 8.25. The molecule has 0 bridgehead atoms. The molecule has 0 saturated heterocycles. The second-order valence-electron chi connectivity index (χ2n) is 8.37. The van der Waals surface area contributed by atoms with E-state index < -0.39 is 14.0 Å². The van der Waals surface area contributed by atoms with E-state index in [4.69, 9.17) is 19.0 Å². The van der Waals surface area contributed by atoms with Gasteiger partial charge in [-0.1, -0.05) is 53.8 Å². The van der Waals surface area contributed by atoms with Crippen LogP contribution in [0, 0.1) is 20.8 Å². The second kappa shape index (κ2) is 11.0. The molecule has 0 aliphatic rings. The summed E-state index contributed by atoms with van der Waals surface area (Å²) < 4.78 is 15.4. The van der Waals surface area contributed by atoms with Crippen LogP contribution >= 0.6 is 0 Å². The maximum Gasteiger partial charge on any atom is 0.377 e. The van der Waals surface area contributed by atoms with Gasteiger partial charge in [0.1, 0.15) is 26.3 Å². The van der Waals surface area contributed by atoms with Gasteiger partial charge in [0.15, 0.2) is 0 Å². The number of esters is 1. The van der Waals surface area contributed by atoms with E-state index in [2.05, 4.69) is 50.3 Å². The molecular formula is C25H33NO5Si. The number of rotatable bonds is 9. The molecule has 0 atom stereocenters. The Morgan fingerprint density at radius 2 is 1.78 bits per heavy atom. The van der Waals surface area contributed by atoms with E-state index in [0.29, 0.717) is 12.0 Å². The topological polar surface area (TPSA) is 66.3 Å². The Labute approximate surface area is 191 Å². The molecule has 2 aromatic rings. The molecule has 0 radical (unpaired) electrons. The maximum absolute atomic E-state index is 11.9. The Kier molecular flexibility index (Phi) is 8.66. The Hall–Kier alpha value is -3.06. The van der Waals surface area contributed by atoms with Crippen molar-refractivity contribution in [2.75, 3.05) is 20.4 Å². The van der Waals surface area contributed by atoms with Crippen LogP contribution in [-0.2, 0) is 19.1 Å². The predicted molar refractivity (Wildman–Crippen MR) is 130 cm³/mol. The SMILES string of the molecule is COC=C(Oc1cc(C(C)=NOC[Si](C)(C)c2cccc(C)c2C)ccc1C)C(=O)OC. The van der Waals surface area contributed by atoms with Crippen LogP contribution in [0.2, 0.25) is 13.1 Å². The molecule has 0 spiro atoms. The molecule has 0 unspecified atom stereocenters. The van der Waals surface area contributed by atoms with Crippen LogP contribution < -0.4 is 9.92 Å². The summed E-state index contributed by atoms with van der Waals surface area (Å²) in [6.45, 7) is 12.6. The van der Waals surface area contributed by atoms with Crippen LogP contribution in [0.5, 0.6) is 5.75 Å². The molecule has 6 nitrogen and oxygen atoms in total. The number of methoxy groups -OCH3 is 2. The molecule has 2 rings (SSSR count). The molecule has 0 aliphatic heterocycles. The van der Waals surface area contributed by atoms with E-state index in [1.54, 1.807) is 0 Å². The van der Waals surface area contributed by atoms with Gasteiger partial charge >= 0.3 is 5.97 Å². The number of ether oxygens (including phenoxy) is 3. The molecule has 0 heterocycles. The first kappa shape index (κ1) is 25.2. The Balaban J connectivity index is 2.18. The highest BCUT2D eigenvalue weighted by Crippen LogP contribution is 2.23. The molecule has 0 amide bonds. The number of aryl methyl sites for hydroxylation is 2. The van der Waals surface area contributed by atoms with Gasteiger partial charge in [0.2, 0.25) is 5.76 Å². The highest BCUT2D eigenvalue weighted by molar-refractivity contribution is 6.90.